The Bertz CT molecular complexity index is 197. The molecule has 1 N–H and O–H groups in total. The zero-order chi connectivity index (χ0) is 13.4. The van der Waals surface area contributed by atoms with Gasteiger partial charge < -0.3 is 15.0 Å². The van der Waals surface area contributed by atoms with Crippen LogP contribution in [0.1, 0.15) is 47.0 Å². The molecule has 0 aliphatic carbocycles. The lowest BCUT2D eigenvalue weighted by Gasteiger charge is -2.30. The van der Waals surface area contributed by atoms with Crippen molar-refractivity contribution in [3.8, 4) is 0 Å². The molecule has 0 radical (unpaired) electrons. The Hall–Kier alpha value is -0.120. The first-order valence-electron chi connectivity index (χ1n) is 7.64. The van der Waals surface area contributed by atoms with Gasteiger partial charge in [-0.1, -0.05) is 13.8 Å². The second-order valence-electron chi connectivity index (χ2n) is 6.21. The van der Waals surface area contributed by atoms with Crippen LogP contribution in [0.5, 0.6) is 0 Å². The van der Waals surface area contributed by atoms with Gasteiger partial charge in [0, 0.05) is 31.8 Å². The van der Waals surface area contributed by atoms with E-state index in [1.165, 1.54) is 38.9 Å². The predicted octanol–water partition coefficient (Wildman–Crippen LogP) is 2.51. The quantitative estimate of drug-likeness (QED) is 0.739. The molecule has 1 saturated heterocycles. The summed E-state index contributed by atoms with van der Waals surface area (Å²) in [4.78, 5) is 2.60. The van der Waals surface area contributed by atoms with Gasteiger partial charge in [0.1, 0.15) is 0 Å². The van der Waals surface area contributed by atoms with Gasteiger partial charge in [-0.15, -0.1) is 0 Å². The van der Waals surface area contributed by atoms with Crippen molar-refractivity contribution < 1.29 is 4.74 Å². The summed E-state index contributed by atoms with van der Waals surface area (Å²) in [7, 11) is 0. The van der Waals surface area contributed by atoms with Crippen molar-refractivity contribution in [1.29, 1.82) is 0 Å². The fourth-order valence-corrected chi connectivity index (χ4v) is 2.45. The summed E-state index contributed by atoms with van der Waals surface area (Å²) in [5.74, 6) is 0.652. The fraction of sp³-hybridized carbons (Fsp3) is 1.00. The molecule has 2 atom stereocenters. The summed E-state index contributed by atoms with van der Waals surface area (Å²) >= 11 is 0. The van der Waals surface area contributed by atoms with E-state index in [0.717, 1.165) is 13.2 Å². The van der Waals surface area contributed by atoms with Crippen LogP contribution < -0.4 is 5.32 Å². The third kappa shape index (κ3) is 7.34. The molecule has 3 nitrogen and oxygen atoms in total. The molecule has 0 aromatic heterocycles. The second kappa shape index (κ2) is 8.89. The van der Waals surface area contributed by atoms with E-state index in [1.807, 2.05) is 0 Å². The van der Waals surface area contributed by atoms with Crippen molar-refractivity contribution in [3.05, 3.63) is 0 Å². The maximum absolute atomic E-state index is 5.65. The average molecular weight is 256 g/mol. The fourth-order valence-electron chi connectivity index (χ4n) is 2.45. The molecule has 0 bridgehead atoms. The maximum atomic E-state index is 5.65. The third-order valence-corrected chi connectivity index (χ3v) is 3.54. The Morgan fingerprint density at radius 2 is 1.78 bits per heavy atom. The Morgan fingerprint density at radius 3 is 2.33 bits per heavy atom. The Morgan fingerprint density at radius 1 is 1.17 bits per heavy atom. The van der Waals surface area contributed by atoms with Crippen molar-refractivity contribution >= 4 is 0 Å². The summed E-state index contributed by atoms with van der Waals surface area (Å²) < 4.78 is 5.65. The molecule has 2 unspecified atom stereocenters. The van der Waals surface area contributed by atoms with Gasteiger partial charge in [0.2, 0.25) is 0 Å². The zero-order valence-corrected chi connectivity index (χ0v) is 12.7. The van der Waals surface area contributed by atoms with Crippen molar-refractivity contribution in [2.75, 3.05) is 32.8 Å². The number of rotatable bonds is 6. The minimum atomic E-state index is 0.652. The van der Waals surface area contributed by atoms with Crippen molar-refractivity contribution in [2.45, 2.75) is 59.0 Å². The van der Waals surface area contributed by atoms with Gasteiger partial charge in [-0.05, 0) is 52.1 Å². The zero-order valence-electron chi connectivity index (χ0n) is 12.7. The lowest BCUT2D eigenvalue weighted by atomic mass is 10.1. The average Bonchev–Trinajstić information content (AvgIpc) is 2.28. The lowest BCUT2D eigenvalue weighted by molar-refractivity contribution is 0.0971. The first-order chi connectivity index (χ1) is 8.58. The summed E-state index contributed by atoms with van der Waals surface area (Å²) in [6.45, 7) is 14.5. The highest BCUT2D eigenvalue weighted by atomic mass is 16.5. The normalized spacial score (nSPS) is 27.2. The number of ether oxygens (including phenoxy) is 1. The van der Waals surface area contributed by atoms with Crippen LogP contribution in [0.25, 0.3) is 0 Å². The highest BCUT2D eigenvalue weighted by Gasteiger charge is 2.15. The molecule has 1 aliphatic heterocycles. The molecular weight excluding hydrogens is 224 g/mol. The van der Waals surface area contributed by atoms with E-state index < -0.39 is 0 Å². The van der Waals surface area contributed by atoms with Crippen molar-refractivity contribution in [3.63, 3.8) is 0 Å². The smallest absolute Gasteiger partial charge is 0.0489 e. The Balaban J connectivity index is 2.12. The largest absolute Gasteiger partial charge is 0.381 e. The minimum absolute atomic E-state index is 0.652. The topological polar surface area (TPSA) is 24.5 Å². The monoisotopic (exact) mass is 256 g/mol. The molecule has 1 aliphatic rings. The molecule has 0 aromatic rings. The second-order valence-corrected chi connectivity index (χ2v) is 6.21. The first kappa shape index (κ1) is 15.9. The summed E-state index contributed by atoms with van der Waals surface area (Å²) in [5, 5.41) is 3.64. The van der Waals surface area contributed by atoms with Gasteiger partial charge >= 0.3 is 0 Å². The van der Waals surface area contributed by atoms with Crippen LogP contribution in [0.15, 0.2) is 0 Å². The van der Waals surface area contributed by atoms with Crippen molar-refractivity contribution in [2.24, 2.45) is 5.92 Å². The molecule has 3 heteroatoms. The Kier molecular flexibility index (Phi) is 7.87. The predicted molar refractivity (Wildman–Crippen MR) is 78.0 cm³/mol. The van der Waals surface area contributed by atoms with Gasteiger partial charge in [-0.25, -0.2) is 0 Å². The molecule has 0 amide bonds. The van der Waals surface area contributed by atoms with Crippen molar-refractivity contribution in [1.82, 2.24) is 10.2 Å². The number of nitrogens with one attached hydrogen (secondary N) is 1. The minimum Gasteiger partial charge on any atom is -0.381 e. The van der Waals surface area contributed by atoms with Gasteiger partial charge in [0.05, 0.1) is 0 Å². The van der Waals surface area contributed by atoms with Gasteiger partial charge in [0.15, 0.2) is 0 Å². The van der Waals surface area contributed by atoms with Crippen LogP contribution in [0.4, 0.5) is 0 Å². The maximum Gasteiger partial charge on any atom is 0.0489 e. The van der Waals surface area contributed by atoms with Crippen LogP contribution in [0, 0.1) is 5.92 Å². The molecule has 0 spiro atoms. The lowest BCUT2D eigenvalue weighted by Crippen LogP contribution is -2.43. The van der Waals surface area contributed by atoms with E-state index in [9.17, 15) is 0 Å². The molecule has 108 valence electrons. The van der Waals surface area contributed by atoms with Crippen LogP contribution in [-0.2, 0) is 4.74 Å². The van der Waals surface area contributed by atoms with Crippen LogP contribution in [-0.4, -0.2) is 49.8 Å². The highest BCUT2D eigenvalue weighted by Crippen LogP contribution is 2.07. The highest BCUT2D eigenvalue weighted by molar-refractivity contribution is 4.74. The molecule has 0 aromatic carbocycles. The standard InChI is InChI=1S/C15H32N2O/c1-13(2)12-18-11-5-8-17-9-6-14(3)16-15(4)7-10-17/h13-16H,5-12H2,1-4H3. The van der Waals surface area contributed by atoms with E-state index in [0.29, 0.717) is 18.0 Å². The van der Waals surface area contributed by atoms with E-state index in [1.54, 1.807) is 0 Å². The molecular formula is C15H32N2O. The van der Waals surface area contributed by atoms with Gasteiger partial charge in [-0.2, -0.15) is 0 Å². The Labute approximate surface area is 113 Å². The SMILES string of the molecule is CC(C)COCCCN1CCC(C)NC(C)CC1. The van der Waals surface area contributed by atoms with E-state index in [-0.39, 0.29) is 0 Å². The van der Waals surface area contributed by atoms with E-state index >= 15 is 0 Å². The van der Waals surface area contributed by atoms with Crippen LogP contribution >= 0.6 is 0 Å². The first-order valence-corrected chi connectivity index (χ1v) is 7.64. The van der Waals surface area contributed by atoms with E-state index in [4.69, 9.17) is 4.74 Å². The summed E-state index contributed by atoms with van der Waals surface area (Å²) in [6, 6.07) is 1.31. The van der Waals surface area contributed by atoms with E-state index in [2.05, 4.69) is 37.9 Å². The third-order valence-electron chi connectivity index (χ3n) is 3.54. The van der Waals surface area contributed by atoms with Gasteiger partial charge in [-0.3, -0.25) is 0 Å². The number of nitrogens with zero attached hydrogens (tertiary/aromatic N) is 1. The molecule has 1 fully saturated rings. The van der Waals surface area contributed by atoms with Crippen LogP contribution in [0.3, 0.4) is 0 Å². The molecule has 1 heterocycles. The molecule has 1 rings (SSSR count). The molecule has 0 saturated carbocycles. The number of hydrogen-bond donors (Lipinski definition) is 1. The summed E-state index contributed by atoms with van der Waals surface area (Å²) in [5.41, 5.74) is 0. The molecule has 18 heavy (non-hydrogen) atoms. The van der Waals surface area contributed by atoms with Gasteiger partial charge in [0.25, 0.3) is 0 Å². The van der Waals surface area contributed by atoms with Crippen LogP contribution in [0.2, 0.25) is 0 Å². The number of hydrogen-bond acceptors (Lipinski definition) is 3. The summed E-state index contributed by atoms with van der Waals surface area (Å²) in [6.07, 6.45) is 3.69.